The van der Waals surface area contributed by atoms with Crippen molar-refractivity contribution in [1.29, 1.82) is 0 Å². The number of dihydropyridines is 1. The minimum atomic E-state index is -0.126. The van der Waals surface area contributed by atoms with Crippen molar-refractivity contribution in [3.63, 3.8) is 0 Å². The van der Waals surface area contributed by atoms with E-state index in [4.69, 9.17) is 11.6 Å². The van der Waals surface area contributed by atoms with Gasteiger partial charge in [0.2, 0.25) is 5.91 Å². The molecule has 1 aromatic rings. The molecule has 1 fully saturated rings. The van der Waals surface area contributed by atoms with Gasteiger partial charge in [-0.25, -0.2) is 0 Å². The van der Waals surface area contributed by atoms with Gasteiger partial charge >= 0.3 is 0 Å². The summed E-state index contributed by atoms with van der Waals surface area (Å²) in [6.45, 7) is 0.723. The SMILES string of the molecule is O=C(NC1C=C2CNC(c3ccccc3Cl)=CC2=CN1)C1CC1. The highest BCUT2D eigenvalue weighted by Gasteiger charge is 2.31. The summed E-state index contributed by atoms with van der Waals surface area (Å²) in [7, 11) is 0. The Morgan fingerprint density at radius 3 is 2.87 bits per heavy atom. The Hall–Kier alpha value is -2.20. The van der Waals surface area contributed by atoms with Crippen LogP contribution in [0.2, 0.25) is 5.02 Å². The Labute approximate surface area is 140 Å². The maximum atomic E-state index is 11.9. The maximum Gasteiger partial charge on any atom is 0.224 e. The van der Waals surface area contributed by atoms with Crippen molar-refractivity contribution in [2.45, 2.75) is 19.0 Å². The predicted molar refractivity (Wildman–Crippen MR) is 91.4 cm³/mol. The normalized spacial score (nSPS) is 22.7. The van der Waals surface area contributed by atoms with Crippen molar-refractivity contribution in [2.24, 2.45) is 5.92 Å². The van der Waals surface area contributed by atoms with E-state index in [-0.39, 0.29) is 18.0 Å². The van der Waals surface area contributed by atoms with Crippen molar-refractivity contribution >= 4 is 23.2 Å². The summed E-state index contributed by atoms with van der Waals surface area (Å²) < 4.78 is 0. The number of benzene rings is 1. The number of allylic oxidation sites excluding steroid dienone is 1. The van der Waals surface area contributed by atoms with Gasteiger partial charge in [-0.15, -0.1) is 0 Å². The average Bonchev–Trinajstić information content (AvgIpc) is 3.40. The molecule has 1 unspecified atom stereocenters. The summed E-state index contributed by atoms with van der Waals surface area (Å²) >= 11 is 6.27. The fourth-order valence-corrected chi connectivity index (χ4v) is 3.10. The second kappa shape index (κ2) is 5.78. The van der Waals surface area contributed by atoms with Crippen LogP contribution in [0.1, 0.15) is 18.4 Å². The lowest BCUT2D eigenvalue weighted by Gasteiger charge is -2.28. The van der Waals surface area contributed by atoms with Crippen molar-refractivity contribution in [3.8, 4) is 0 Å². The van der Waals surface area contributed by atoms with Gasteiger partial charge in [0.1, 0.15) is 6.17 Å². The highest BCUT2D eigenvalue weighted by Crippen LogP contribution is 2.30. The van der Waals surface area contributed by atoms with Crippen LogP contribution in [0, 0.1) is 5.92 Å². The van der Waals surface area contributed by atoms with E-state index >= 15 is 0 Å². The van der Waals surface area contributed by atoms with Crippen LogP contribution in [0.25, 0.3) is 5.70 Å². The number of hydrogen-bond donors (Lipinski definition) is 3. The first-order valence-corrected chi connectivity index (χ1v) is 8.26. The quantitative estimate of drug-likeness (QED) is 0.799. The molecule has 4 nitrogen and oxygen atoms in total. The molecule has 4 rings (SSSR count). The number of hydrogen-bond acceptors (Lipinski definition) is 3. The third-order valence-corrected chi connectivity index (χ3v) is 4.67. The molecule has 2 aliphatic heterocycles. The summed E-state index contributed by atoms with van der Waals surface area (Å²) in [6.07, 6.45) is 8.03. The second-order valence-electron chi connectivity index (χ2n) is 6.11. The molecule has 1 amide bonds. The van der Waals surface area contributed by atoms with E-state index in [2.05, 4.69) is 28.1 Å². The van der Waals surface area contributed by atoms with Gasteiger partial charge in [-0.1, -0.05) is 29.8 Å². The fourth-order valence-electron chi connectivity index (χ4n) is 2.86. The average molecular weight is 328 g/mol. The second-order valence-corrected chi connectivity index (χ2v) is 6.52. The molecular formula is C18H18ClN3O. The predicted octanol–water partition coefficient (Wildman–Crippen LogP) is 2.55. The summed E-state index contributed by atoms with van der Waals surface area (Å²) in [5, 5.41) is 10.4. The smallest absolute Gasteiger partial charge is 0.224 e. The van der Waals surface area contributed by atoms with Crippen LogP contribution in [-0.4, -0.2) is 18.6 Å². The Bertz CT molecular complexity index is 746. The zero-order valence-electron chi connectivity index (χ0n) is 12.6. The Balaban J connectivity index is 1.51. The van der Waals surface area contributed by atoms with Crippen molar-refractivity contribution < 1.29 is 4.79 Å². The third-order valence-electron chi connectivity index (χ3n) is 4.34. The van der Waals surface area contributed by atoms with Gasteiger partial charge in [0.05, 0.1) is 0 Å². The highest BCUT2D eigenvalue weighted by molar-refractivity contribution is 6.32. The van der Waals surface area contributed by atoms with E-state index < -0.39 is 0 Å². The zero-order chi connectivity index (χ0) is 15.8. The van der Waals surface area contributed by atoms with Crippen LogP contribution in [0.5, 0.6) is 0 Å². The lowest BCUT2D eigenvalue weighted by molar-refractivity contribution is -0.122. The molecule has 3 aliphatic rings. The molecule has 23 heavy (non-hydrogen) atoms. The first kappa shape index (κ1) is 14.4. The van der Waals surface area contributed by atoms with Gasteiger partial charge in [-0.05, 0) is 42.2 Å². The minimum Gasteiger partial charge on any atom is -0.380 e. The van der Waals surface area contributed by atoms with Gasteiger partial charge < -0.3 is 16.0 Å². The largest absolute Gasteiger partial charge is 0.380 e. The zero-order valence-corrected chi connectivity index (χ0v) is 13.4. The summed E-state index contributed by atoms with van der Waals surface area (Å²) in [5.74, 6) is 0.365. The number of halogens is 1. The molecule has 1 aliphatic carbocycles. The molecule has 0 bridgehead atoms. The van der Waals surface area contributed by atoms with Gasteiger partial charge in [-0.3, -0.25) is 4.79 Å². The van der Waals surface area contributed by atoms with Crippen LogP contribution in [0.3, 0.4) is 0 Å². The first-order valence-electron chi connectivity index (χ1n) is 7.89. The highest BCUT2D eigenvalue weighted by atomic mass is 35.5. The molecular weight excluding hydrogens is 310 g/mol. The lowest BCUT2D eigenvalue weighted by Crippen LogP contribution is -2.45. The van der Waals surface area contributed by atoms with Gasteiger partial charge in [0, 0.05) is 34.9 Å². The molecule has 0 saturated heterocycles. The van der Waals surface area contributed by atoms with Crippen LogP contribution in [0.4, 0.5) is 0 Å². The molecule has 1 aromatic carbocycles. The first-order chi connectivity index (χ1) is 11.2. The molecule has 0 spiro atoms. The van der Waals surface area contributed by atoms with Crippen molar-refractivity contribution in [2.75, 3.05) is 6.54 Å². The Kier molecular flexibility index (Phi) is 3.62. The van der Waals surface area contributed by atoms with Crippen molar-refractivity contribution in [3.05, 3.63) is 64.3 Å². The fraction of sp³-hybridized carbons (Fsp3) is 0.278. The molecule has 3 N–H and O–H groups in total. The number of carbonyl (C=O) groups is 1. The number of nitrogens with one attached hydrogen (secondary N) is 3. The minimum absolute atomic E-state index is 0.126. The van der Waals surface area contributed by atoms with Gasteiger partial charge in [0.15, 0.2) is 0 Å². The van der Waals surface area contributed by atoms with E-state index in [1.54, 1.807) is 0 Å². The van der Waals surface area contributed by atoms with E-state index in [1.807, 2.05) is 30.5 Å². The molecule has 1 atom stereocenters. The molecule has 118 valence electrons. The van der Waals surface area contributed by atoms with Crippen LogP contribution < -0.4 is 16.0 Å². The molecule has 1 saturated carbocycles. The van der Waals surface area contributed by atoms with Gasteiger partial charge in [0.25, 0.3) is 0 Å². The van der Waals surface area contributed by atoms with E-state index in [1.165, 1.54) is 5.57 Å². The summed E-state index contributed by atoms with van der Waals surface area (Å²) in [6, 6.07) is 7.80. The number of amides is 1. The standard InChI is InChI=1S/C18H18ClN3O/c19-15-4-2-1-3-14(15)16-7-12-10-21-17(8-13(12)9-20-16)22-18(23)11-5-6-11/h1-4,7-8,10-11,17,20-21H,5-6,9H2,(H,22,23). The molecule has 0 radical (unpaired) electrons. The summed E-state index contributed by atoms with van der Waals surface area (Å²) in [5.41, 5.74) is 4.32. The third kappa shape index (κ3) is 2.99. The van der Waals surface area contributed by atoms with Crippen LogP contribution >= 0.6 is 11.6 Å². The maximum absolute atomic E-state index is 11.9. The monoisotopic (exact) mass is 327 g/mol. The van der Waals surface area contributed by atoms with Gasteiger partial charge in [-0.2, -0.15) is 0 Å². The number of carbonyl (C=O) groups excluding carboxylic acids is 1. The van der Waals surface area contributed by atoms with E-state index in [9.17, 15) is 4.79 Å². The molecule has 5 heteroatoms. The molecule has 2 heterocycles. The lowest BCUT2D eigenvalue weighted by atomic mass is 9.96. The number of rotatable bonds is 3. The van der Waals surface area contributed by atoms with Crippen LogP contribution in [-0.2, 0) is 4.79 Å². The van der Waals surface area contributed by atoms with Crippen molar-refractivity contribution in [1.82, 2.24) is 16.0 Å². The van der Waals surface area contributed by atoms with E-state index in [0.717, 1.165) is 41.2 Å². The topological polar surface area (TPSA) is 53.2 Å². The Morgan fingerprint density at radius 2 is 2.09 bits per heavy atom. The van der Waals surface area contributed by atoms with E-state index in [0.29, 0.717) is 0 Å². The van der Waals surface area contributed by atoms with Crippen LogP contribution in [0.15, 0.2) is 53.8 Å². The summed E-state index contributed by atoms with van der Waals surface area (Å²) in [4.78, 5) is 11.9. The molecule has 0 aromatic heterocycles. The number of fused-ring (bicyclic) bond motifs is 1. The Morgan fingerprint density at radius 1 is 1.26 bits per heavy atom.